The van der Waals surface area contributed by atoms with Gasteiger partial charge in [-0.3, -0.25) is 9.69 Å². The van der Waals surface area contributed by atoms with Crippen molar-refractivity contribution in [3.05, 3.63) is 64.9 Å². The van der Waals surface area contributed by atoms with E-state index >= 15 is 0 Å². The largest absolute Gasteiger partial charge is 0.461 e. The molecule has 1 aliphatic heterocycles. The summed E-state index contributed by atoms with van der Waals surface area (Å²) < 4.78 is 10.5. The normalized spacial score (nSPS) is 13.7. The van der Waals surface area contributed by atoms with Gasteiger partial charge < -0.3 is 25.4 Å². The number of carbonyl (C=O) groups excluding carboxylic acids is 1. The molecule has 0 spiro atoms. The third-order valence-electron chi connectivity index (χ3n) is 6.45. The fourth-order valence-corrected chi connectivity index (χ4v) is 4.55. The van der Waals surface area contributed by atoms with E-state index in [1.165, 1.54) is 42.6 Å². The van der Waals surface area contributed by atoms with Crippen LogP contribution in [0, 0.1) is 0 Å². The highest BCUT2D eigenvalue weighted by Gasteiger charge is 2.18. The smallest absolute Gasteiger partial charge is 0.318 e. The Morgan fingerprint density at radius 2 is 1.95 bits per heavy atom. The minimum Gasteiger partial charge on any atom is -0.461 e. The number of amides is 1. The molecule has 0 aliphatic carbocycles. The zero-order valence-corrected chi connectivity index (χ0v) is 25.0. The molecule has 9 heteroatoms. The zero-order chi connectivity index (χ0) is 29.2. The fourth-order valence-electron chi connectivity index (χ4n) is 4.55. The lowest BCUT2D eigenvalue weighted by atomic mass is 10.1. The van der Waals surface area contributed by atoms with E-state index in [0.29, 0.717) is 43.4 Å². The van der Waals surface area contributed by atoms with Gasteiger partial charge in [0.15, 0.2) is 5.82 Å². The third-order valence-corrected chi connectivity index (χ3v) is 6.45. The Balaban J connectivity index is 0.000000302. The van der Waals surface area contributed by atoms with E-state index in [2.05, 4.69) is 76.5 Å². The van der Waals surface area contributed by atoms with Gasteiger partial charge in [0.2, 0.25) is 6.41 Å². The van der Waals surface area contributed by atoms with Crippen molar-refractivity contribution in [2.45, 2.75) is 59.5 Å². The van der Waals surface area contributed by atoms with Crippen molar-refractivity contribution in [1.82, 2.24) is 14.9 Å². The molecule has 0 atom stereocenters. The van der Waals surface area contributed by atoms with Crippen molar-refractivity contribution in [2.24, 2.45) is 5.73 Å². The number of rotatable bonds is 15. The third kappa shape index (κ3) is 11.5. The number of likely N-dealkylation sites (tertiary alicyclic amines) is 1. The van der Waals surface area contributed by atoms with E-state index < -0.39 is 0 Å². The average Bonchev–Trinajstić information content (AvgIpc) is 3.46. The van der Waals surface area contributed by atoms with Gasteiger partial charge in [-0.25, -0.2) is 0 Å². The molecule has 1 amide bonds. The van der Waals surface area contributed by atoms with E-state index in [0.717, 1.165) is 19.4 Å². The lowest BCUT2D eigenvalue weighted by Gasteiger charge is -2.23. The second kappa shape index (κ2) is 18.9. The number of aromatic nitrogens is 2. The monoisotopic (exact) mass is 552 g/mol. The highest BCUT2D eigenvalue weighted by atomic mass is 16.5. The Labute approximate surface area is 240 Å². The van der Waals surface area contributed by atoms with Gasteiger partial charge in [-0.05, 0) is 63.7 Å². The quantitative estimate of drug-likeness (QED) is 0.186. The maximum atomic E-state index is 11.0. The minimum atomic E-state index is 0.157. The van der Waals surface area contributed by atoms with E-state index in [1.54, 1.807) is 7.11 Å². The molecule has 0 saturated carbocycles. The maximum Gasteiger partial charge on any atom is 0.318 e. The number of nitrogens with two attached hydrogens (primary N) is 1. The van der Waals surface area contributed by atoms with Crippen molar-refractivity contribution in [3.63, 3.8) is 0 Å². The highest BCUT2D eigenvalue weighted by Crippen LogP contribution is 2.28. The fraction of sp³-hybridized carbons (Fsp3) is 0.516. The Morgan fingerprint density at radius 1 is 1.20 bits per heavy atom. The number of hydrogen-bond donors (Lipinski definition) is 2. The molecular weight excluding hydrogens is 504 g/mol. The topological polar surface area (TPSA) is 106 Å². The summed E-state index contributed by atoms with van der Waals surface area (Å²) in [5.74, 6) is 0.564. The van der Waals surface area contributed by atoms with Crippen LogP contribution in [0.2, 0.25) is 0 Å². The van der Waals surface area contributed by atoms with Crippen LogP contribution < -0.4 is 20.7 Å². The Hall–Kier alpha value is -3.27. The van der Waals surface area contributed by atoms with Gasteiger partial charge in [-0.2, -0.15) is 9.97 Å². The lowest BCUT2D eigenvalue weighted by molar-refractivity contribution is -0.105. The van der Waals surface area contributed by atoms with Crippen LogP contribution in [-0.2, 0) is 29.0 Å². The lowest BCUT2D eigenvalue weighted by Crippen LogP contribution is -2.24. The summed E-state index contributed by atoms with van der Waals surface area (Å²) in [6.07, 6.45) is 11.8. The second-order valence-electron chi connectivity index (χ2n) is 9.85. The number of hydrogen-bond acceptors (Lipinski definition) is 8. The molecule has 0 unspecified atom stereocenters. The van der Waals surface area contributed by atoms with Crippen LogP contribution in [0.1, 0.15) is 56.9 Å². The van der Waals surface area contributed by atoms with Crippen molar-refractivity contribution in [3.8, 4) is 6.01 Å². The summed E-state index contributed by atoms with van der Waals surface area (Å²) in [6.45, 7) is 11.5. The predicted molar refractivity (Wildman–Crippen MR) is 164 cm³/mol. The van der Waals surface area contributed by atoms with E-state index in [1.807, 2.05) is 18.9 Å². The zero-order valence-electron chi connectivity index (χ0n) is 25.0. The molecule has 40 heavy (non-hydrogen) atoms. The van der Waals surface area contributed by atoms with Crippen molar-refractivity contribution in [2.75, 3.05) is 57.2 Å². The number of benzene rings is 1. The van der Waals surface area contributed by atoms with Crippen LogP contribution in [0.25, 0.3) is 0 Å². The molecule has 2 heterocycles. The Kier molecular flexibility index (Phi) is 15.6. The van der Waals surface area contributed by atoms with Crippen molar-refractivity contribution >= 4 is 17.9 Å². The second-order valence-corrected chi connectivity index (χ2v) is 9.85. The van der Waals surface area contributed by atoms with Gasteiger partial charge in [0.25, 0.3) is 0 Å². The van der Waals surface area contributed by atoms with E-state index in [-0.39, 0.29) is 12.6 Å². The molecular formula is C31H48N6O3. The molecule has 3 N–H and O–H groups in total. The molecule has 1 aliphatic rings. The first-order chi connectivity index (χ1) is 19.4. The highest BCUT2D eigenvalue weighted by molar-refractivity contribution is 5.81. The van der Waals surface area contributed by atoms with Crippen LogP contribution in [0.3, 0.4) is 0 Å². The Morgan fingerprint density at radius 3 is 2.60 bits per heavy atom. The molecule has 220 valence electrons. The number of ether oxygens (including phenoxy) is 2. The van der Waals surface area contributed by atoms with Gasteiger partial charge in [0.05, 0.1) is 12.3 Å². The number of nitrogens with zero attached hydrogens (tertiary/aromatic N) is 4. The van der Waals surface area contributed by atoms with Gasteiger partial charge in [0, 0.05) is 33.8 Å². The molecule has 9 nitrogen and oxygen atoms in total. The number of carbonyl (C=O) groups is 1. The summed E-state index contributed by atoms with van der Waals surface area (Å²) in [6, 6.07) is 9.20. The molecule has 0 bridgehead atoms. The molecule has 1 fully saturated rings. The molecule has 3 rings (SSSR count). The minimum absolute atomic E-state index is 0.157. The Bertz CT molecular complexity index is 1080. The molecule has 0 radical (unpaired) electrons. The summed E-state index contributed by atoms with van der Waals surface area (Å²) in [4.78, 5) is 24.1. The number of likely N-dealkylation sites (N-methyl/N-ethyl adjacent to an activating group) is 1. The number of allylic oxidation sites excluding steroid dienone is 3. The number of anilines is 2. The molecule has 2 aromatic rings. The van der Waals surface area contributed by atoms with Gasteiger partial charge >= 0.3 is 6.01 Å². The van der Waals surface area contributed by atoms with Crippen LogP contribution in [0.15, 0.2) is 48.1 Å². The van der Waals surface area contributed by atoms with E-state index in [9.17, 15) is 4.79 Å². The van der Waals surface area contributed by atoms with E-state index in [4.69, 9.17) is 15.2 Å². The summed E-state index contributed by atoms with van der Waals surface area (Å²) in [5.41, 5.74) is 10.9. The predicted octanol–water partition coefficient (Wildman–Crippen LogP) is 4.72. The summed E-state index contributed by atoms with van der Waals surface area (Å²) >= 11 is 0. The molecule has 1 aromatic heterocycles. The molecule has 1 aromatic carbocycles. The summed E-state index contributed by atoms with van der Waals surface area (Å²) in [5, 5.41) is 2.65. The van der Waals surface area contributed by atoms with Crippen molar-refractivity contribution < 1.29 is 14.3 Å². The van der Waals surface area contributed by atoms with Crippen LogP contribution >= 0.6 is 0 Å². The first-order valence-corrected chi connectivity index (χ1v) is 14.2. The number of methoxy groups -OCH3 is 1. The maximum absolute atomic E-state index is 11.0. The first kappa shape index (κ1) is 32.9. The van der Waals surface area contributed by atoms with Crippen LogP contribution in [0.4, 0.5) is 11.5 Å². The van der Waals surface area contributed by atoms with Gasteiger partial charge in [-0.15, -0.1) is 0 Å². The first-order valence-electron chi connectivity index (χ1n) is 14.2. The van der Waals surface area contributed by atoms with Gasteiger partial charge in [-0.1, -0.05) is 55.0 Å². The average molecular weight is 553 g/mol. The summed E-state index contributed by atoms with van der Waals surface area (Å²) in [7, 11) is 3.49. The molecule has 1 saturated heterocycles. The number of nitrogens with one attached hydrogen (secondary N) is 1. The van der Waals surface area contributed by atoms with Crippen LogP contribution in [-0.4, -0.2) is 68.3 Å². The van der Waals surface area contributed by atoms with Gasteiger partial charge in [0.1, 0.15) is 12.3 Å². The standard InChI is InChI=1S/C16H27N5O3.C15H21N/c1-5-6-12(2)10-21(3)15-14(18-11-22)13(9-17)19-16(20-15)24-8-7-23-4;1-2-3-7-14-8-6-9-15(12-14)13-16-10-4-5-11-16/h6,11H,5,7-10,17H2,1-4H3,(H,18,22);2-3,6,8-9,12H,4-5,7,10-11,13H2,1H3/b12-6+;3-2-. The van der Waals surface area contributed by atoms with Crippen LogP contribution in [0.5, 0.6) is 6.01 Å². The van der Waals surface area contributed by atoms with Crippen molar-refractivity contribution in [1.29, 1.82) is 0 Å². The SMILES string of the molecule is C/C=C\Cc1cccc(CN2CCCC2)c1.CC/C=C(\C)CN(C)c1nc(OCCOC)nc(CN)c1NC=O.